The largest absolute Gasteiger partial charge is 0.482 e. The van der Waals surface area contributed by atoms with E-state index in [9.17, 15) is 9.59 Å². The Balaban J connectivity index is 1.93. The van der Waals surface area contributed by atoms with Gasteiger partial charge in [-0.3, -0.25) is 9.59 Å². The number of nitrogens with one attached hydrogen (secondary N) is 1. The second-order valence-electron chi connectivity index (χ2n) is 8.50. The molecule has 1 N–H and O–H groups in total. The Morgan fingerprint density at radius 2 is 1.64 bits per heavy atom. The average Bonchev–Trinajstić information content (AvgIpc) is 2.87. The molecule has 0 heterocycles. The zero-order valence-electron chi connectivity index (χ0n) is 20.2. The van der Waals surface area contributed by atoms with Crippen LogP contribution in [0.25, 0.3) is 0 Å². The first-order valence-electron chi connectivity index (χ1n) is 11.7. The summed E-state index contributed by atoms with van der Waals surface area (Å²) in [5.41, 5.74) is 1.66. The lowest BCUT2D eigenvalue weighted by Gasteiger charge is -2.32. The van der Waals surface area contributed by atoms with E-state index in [0.29, 0.717) is 27.2 Å². The quantitative estimate of drug-likeness (QED) is 0.295. The summed E-state index contributed by atoms with van der Waals surface area (Å²) in [5.74, 6) is -0.282. The third-order valence-electron chi connectivity index (χ3n) is 5.82. The van der Waals surface area contributed by atoms with Crippen molar-refractivity contribution in [3.8, 4) is 5.75 Å². The number of hydrogen-bond donors (Lipinski definition) is 1. The van der Waals surface area contributed by atoms with Crippen LogP contribution in [0.1, 0.15) is 31.4 Å². The summed E-state index contributed by atoms with van der Waals surface area (Å²) in [6, 6.07) is 20.8. The van der Waals surface area contributed by atoms with Crippen molar-refractivity contribution in [3.05, 3.63) is 99.0 Å². The molecule has 0 radical (unpaired) electrons. The van der Waals surface area contributed by atoms with Gasteiger partial charge in [0.15, 0.2) is 6.61 Å². The van der Waals surface area contributed by atoms with Crippen LogP contribution in [-0.4, -0.2) is 35.4 Å². The van der Waals surface area contributed by atoms with Gasteiger partial charge in [-0.05, 0) is 48.7 Å². The third kappa shape index (κ3) is 7.89. The molecule has 3 rings (SSSR count). The highest BCUT2D eigenvalue weighted by Crippen LogP contribution is 2.28. The standard InChI is InChI=1S/C28H29Cl3N2O3/c1-3-19(2)32-28(35)25(15-20-9-5-4-6-10-20)33(17-21-11-7-8-12-23(21)30)27(34)18-36-26-14-13-22(29)16-24(26)31/h4-14,16,19,25H,3,15,17-18H2,1-2H3,(H,32,35). The molecule has 2 atom stereocenters. The fraction of sp³-hybridized carbons (Fsp3) is 0.286. The molecule has 5 nitrogen and oxygen atoms in total. The number of benzene rings is 3. The lowest BCUT2D eigenvalue weighted by atomic mass is 10.0. The predicted octanol–water partition coefficient (Wildman–Crippen LogP) is 6.58. The fourth-order valence-electron chi connectivity index (χ4n) is 3.62. The van der Waals surface area contributed by atoms with Gasteiger partial charge < -0.3 is 15.0 Å². The van der Waals surface area contributed by atoms with E-state index in [4.69, 9.17) is 39.5 Å². The first kappa shape index (κ1) is 27.9. The Morgan fingerprint density at radius 3 is 2.31 bits per heavy atom. The zero-order valence-corrected chi connectivity index (χ0v) is 22.5. The first-order valence-corrected chi connectivity index (χ1v) is 12.9. The maximum atomic E-state index is 13.6. The van der Waals surface area contributed by atoms with E-state index in [0.717, 1.165) is 17.5 Å². The van der Waals surface area contributed by atoms with E-state index in [-0.39, 0.29) is 31.0 Å². The Morgan fingerprint density at radius 1 is 0.944 bits per heavy atom. The highest BCUT2D eigenvalue weighted by Gasteiger charge is 2.31. The molecule has 0 saturated heterocycles. The van der Waals surface area contributed by atoms with E-state index in [1.165, 1.54) is 4.90 Å². The number of nitrogens with zero attached hydrogens (tertiary/aromatic N) is 1. The van der Waals surface area contributed by atoms with Gasteiger partial charge in [-0.15, -0.1) is 0 Å². The van der Waals surface area contributed by atoms with Crippen LogP contribution in [-0.2, 0) is 22.6 Å². The topological polar surface area (TPSA) is 58.6 Å². The predicted molar refractivity (Wildman–Crippen MR) is 146 cm³/mol. The van der Waals surface area contributed by atoms with Crippen LogP contribution in [0.5, 0.6) is 5.75 Å². The van der Waals surface area contributed by atoms with Crippen molar-refractivity contribution in [1.82, 2.24) is 10.2 Å². The van der Waals surface area contributed by atoms with Crippen molar-refractivity contribution in [1.29, 1.82) is 0 Å². The molecule has 0 aliphatic rings. The number of ether oxygens (including phenoxy) is 1. The summed E-state index contributed by atoms with van der Waals surface area (Å²) in [6.45, 7) is 3.76. The lowest BCUT2D eigenvalue weighted by Crippen LogP contribution is -2.53. The summed E-state index contributed by atoms with van der Waals surface area (Å²) in [7, 11) is 0. The second-order valence-corrected chi connectivity index (χ2v) is 9.75. The molecule has 0 aliphatic heterocycles. The van der Waals surface area contributed by atoms with Crippen molar-refractivity contribution in [3.63, 3.8) is 0 Å². The summed E-state index contributed by atoms with van der Waals surface area (Å²) >= 11 is 18.6. The highest BCUT2D eigenvalue weighted by atomic mass is 35.5. The van der Waals surface area contributed by atoms with Crippen molar-refractivity contribution in [2.75, 3.05) is 6.61 Å². The highest BCUT2D eigenvalue weighted by molar-refractivity contribution is 6.35. The number of halogens is 3. The summed E-state index contributed by atoms with van der Waals surface area (Å²) in [4.78, 5) is 28.6. The van der Waals surface area contributed by atoms with E-state index in [1.807, 2.05) is 62.4 Å². The monoisotopic (exact) mass is 546 g/mol. The van der Waals surface area contributed by atoms with Gasteiger partial charge in [0.2, 0.25) is 5.91 Å². The minimum atomic E-state index is -0.783. The Bertz CT molecular complexity index is 1170. The molecule has 0 aromatic heterocycles. The van der Waals surface area contributed by atoms with Gasteiger partial charge >= 0.3 is 0 Å². The summed E-state index contributed by atoms with van der Waals surface area (Å²) < 4.78 is 5.74. The minimum Gasteiger partial charge on any atom is -0.482 e. The molecular formula is C28H29Cl3N2O3. The molecular weight excluding hydrogens is 519 g/mol. The number of carbonyl (C=O) groups is 2. The third-order valence-corrected chi connectivity index (χ3v) is 6.71. The van der Waals surface area contributed by atoms with Crippen molar-refractivity contribution < 1.29 is 14.3 Å². The van der Waals surface area contributed by atoms with Crippen LogP contribution in [0.15, 0.2) is 72.8 Å². The van der Waals surface area contributed by atoms with E-state index in [1.54, 1.807) is 24.3 Å². The van der Waals surface area contributed by atoms with E-state index < -0.39 is 6.04 Å². The minimum absolute atomic E-state index is 0.0443. The molecule has 0 saturated carbocycles. The molecule has 2 amide bonds. The van der Waals surface area contributed by atoms with Gasteiger partial charge in [-0.1, -0.05) is 90.3 Å². The Hall–Kier alpha value is -2.73. The lowest BCUT2D eigenvalue weighted by molar-refractivity contribution is -0.143. The van der Waals surface area contributed by atoms with Crippen LogP contribution < -0.4 is 10.1 Å². The molecule has 8 heteroatoms. The maximum Gasteiger partial charge on any atom is 0.261 e. The Kier molecular flexibility index (Phi) is 10.5. The number of carbonyl (C=O) groups excluding carboxylic acids is 2. The van der Waals surface area contributed by atoms with Gasteiger partial charge in [0, 0.05) is 29.1 Å². The van der Waals surface area contributed by atoms with Crippen LogP contribution in [0.4, 0.5) is 0 Å². The molecule has 0 fully saturated rings. The summed E-state index contributed by atoms with van der Waals surface area (Å²) in [6.07, 6.45) is 1.10. The molecule has 0 aliphatic carbocycles. The van der Waals surface area contributed by atoms with Crippen LogP contribution in [0, 0.1) is 0 Å². The van der Waals surface area contributed by atoms with Crippen LogP contribution >= 0.6 is 34.8 Å². The molecule has 0 bridgehead atoms. The number of hydrogen-bond acceptors (Lipinski definition) is 3. The van der Waals surface area contributed by atoms with Crippen molar-refractivity contribution in [2.45, 2.75) is 45.3 Å². The van der Waals surface area contributed by atoms with Gasteiger partial charge in [0.25, 0.3) is 5.91 Å². The van der Waals surface area contributed by atoms with Crippen LogP contribution in [0.3, 0.4) is 0 Å². The maximum absolute atomic E-state index is 13.6. The van der Waals surface area contributed by atoms with Crippen LogP contribution in [0.2, 0.25) is 15.1 Å². The summed E-state index contributed by atoms with van der Waals surface area (Å²) in [5, 5.41) is 4.30. The van der Waals surface area contributed by atoms with Gasteiger partial charge in [-0.25, -0.2) is 0 Å². The number of amides is 2. The van der Waals surface area contributed by atoms with Crippen molar-refractivity contribution >= 4 is 46.6 Å². The van der Waals surface area contributed by atoms with Gasteiger partial charge in [0.1, 0.15) is 11.8 Å². The molecule has 2 unspecified atom stereocenters. The fourth-order valence-corrected chi connectivity index (χ4v) is 4.28. The smallest absolute Gasteiger partial charge is 0.261 e. The van der Waals surface area contributed by atoms with Gasteiger partial charge in [0.05, 0.1) is 5.02 Å². The molecule has 190 valence electrons. The van der Waals surface area contributed by atoms with E-state index >= 15 is 0 Å². The molecule has 3 aromatic rings. The normalized spacial score (nSPS) is 12.5. The van der Waals surface area contributed by atoms with Gasteiger partial charge in [-0.2, -0.15) is 0 Å². The molecule has 3 aromatic carbocycles. The SMILES string of the molecule is CCC(C)NC(=O)C(Cc1ccccc1)N(Cc1ccccc1Cl)C(=O)COc1ccc(Cl)cc1Cl. The number of rotatable bonds is 11. The molecule has 0 spiro atoms. The zero-order chi connectivity index (χ0) is 26.1. The first-order chi connectivity index (χ1) is 17.3. The average molecular weight is 548 g/mol. The van der Waals surface area contributed by atoms with Crippen molar-refractivity contribution in [2.24, 2.45) is 0 Å². The van der Waals surface area contributed by atoms with E-state index in [2.05, 4.69) is 5.32 Å². The molecule has 36 heavy (non-hydrogen) atoms. The second kappa shape index (κ2) is 13.5. The Labute approximate surface area is 227 Å².